The highest BCUT2D eigenvalue weighted by molar-refractivity contribution is 5.39. The van der Waals surface area contributed by atoms with Crippen LogP contribution in [-0.2, 0) is 0 Å². The lowest BCUT2D eigenvalue weighted by molar-refractivity contribution is -0.207. The molecule has 0 amide bonds. The second-order valence-electron chi connectivity index (χ2n) is 3.19. The summed E-state index contributed by atoms with van der Waals surface area (Å²) in [5.74, 6) is 0.0415. The molecule has 0 radical (unpaired) electrons. The van der Waals surface area contributed by atoms with Crippen molar-refractivity contribution in [1.29, 1.82) is 0 Å². The van der Waals surface area contributed by atoms with Gasteiger partial charge in [-0.2, -0.15) is 13.2 Å². The smallest absolute Gasteiger partial charge is 0.418 e. The molecule has 1 aromatic carbocycles. The number of aryl methyl sites for hydroxylation is 1. The highest BCUT2D eigenvalue weighted by Crippen LogP contribution is 2.37. The van der Waals surface area contributed by atoms with Gasteiger partial charge in [0.05, 0.1) is 7.11 Å². The number of methoxy groups -OCH3 is 1. The standard InChI is InChI=1S/C10H11F3O2/c1-6-3-4-7(8(5-6)15-2)9(14)10(11,12)13/h3-5,9,14H,1-2H3/t9-/m1/s1. The largest absolute Gasteiger partial charge is 0.496 e. The van der Waals surface area contributed by atoms with Crippen molar-refractivity contribution in [2.24, 2.45) is 0 Å². The molecule has 0 heterocycles. The van der Waals surface area contributed by atoms with Gasteiger partial charge in [-0.3, -0.25) is 0 Å². The highest BCUT2D eigenvalue weighted by Gasteiger charge is 2.40. The normalized spacial score (nSPS) is 13.7. The third kappa shape index (κ3) is 2.62. The summed E-state index contributed by atoms with van der Waals surface area (Å²) in [5, 5.41) is 9.05. The number of halogens is 3. The summed E-state index contributed by atoms with van der Waals surface area (Å²) in [7, 11) is 1.27. The van der Waals surface area contributed by atoms with Gasteiger partial charge in [0.1, 0.15) is 5.75 Å². The van der Waals surface area contributed by atoms with E-state index in [2.05, 4.69) is 0 Å². The van der Waals surface area contributed by atoms with Crippen LogP contribution in [0, 0.1) is 6.92 Å². The molecule has 0 aliphatic rings. The molecule has 2 nitrogen and oxygen atoms in total. The van der Waals surface area contributed by atoms with Gasteiger partial charge in [-0.25, -0.2) is 0 Å². The van der Waals surface area contributed by atoms with Gasteiger partial charge in [0, 0.05) is 5.56 Å². The van der Waals surface area contributed by atoms with Gasteiger partial charge in [-0.1, -0.05) is 12.1 Å². The molecule has 0 spiro atoms. The molecular formula is C10H11F3O2. The summed E-state index contributed by atoms with van der Waals surface area (Å²) >= 11 is 0. The molecule has 1 rings (SSSR count). The predicted molar refractivity (Wildman–Crippen MR) is 48.7 cm³/mol. The highest BCUT2D eigenvalue weighted by atomic mass is 19.4. The molecule has 0 aromatic heterocycles. The van der Waals surface area contributed by atoms with Crippen LogP contribution in [0.4, 0.5) is 13.2 Å². The monoisotopic (exact) mass is 220 g/mol. The molecule has 0 bridgehead atoms. The Balaban J connectivity index is 3.14. The quantitative estimate of drug-likeness (QED) is 0.830. The molecule has 0 unspecified atom stereocenters. The van der Waals surface area contributed by atoms with Gasteiger partial charge in [-0.05, 0) is 18.6 Å². The summed E-state index contributed by atoms with van der Waals surface area (Å²) in [6.45, 7) is 1.73. The molecule has 0 aliphatic carbocycles. The maximum Gasteiger partial charge on any atom is 0.418 e. The van der Waals surface area contributed by atoms with Crippen LogP contribution in [0.3, 0.4) is 0 Å². The van der Waals surface area contributed by atoms with Crippen molar-refractivity contribution in [3.8, 4) is 5.75 Å². The van der Waals surface area contributed by atoms with Gasteiger partial charge in [0.15, 0.2) is 6.10 Å². The molecule has 84 valence electrons. The van der Waals surface area contributed by atoms with Crippen molar-refractivity contribution < 1.29 is 23.0 Å². The van der Waals surface area contributed by atoms with Gasteiger partial charge in [0.25, 0.3) is 0 Å². The van der Waals surface area contributed by atoms with E-state index in [-0.39, 0.29) is 11.3 Å². The molecule has 0 aliphatic heterocycles. The zero-order valence-electron chi connectivity index (χ0n) is 8.30. The molecule has 1 N–H and O–H groups in total. The Hall–Kier alpha value is -1.23. The molecule has 1 aromatic rings. The summed E-state index contributed by atoms with van der Waals surface area (Å²) in [5.41, 5.74) is 0.501. The van der Waals surface area contributed by atoms with Crippen LogP contribution in [0.2, 0.25) is 0 Å². The Morgan fingerprint density at radius 1 is 1.33 bits per heavy atom. The lowest BCUT2D eigenvalue weighted by atomic mass is 10.1. The number of rotatable bonds is 2. The molecule has 0 saturated carbocycles. The molecular weight excluding hydrogens is 209 g/mol. The molecule has 1 atom stereocenters. The van der Waals surface area contributed by atoms with E-state index in [4.69, 9.17) is 9.84 Å². The first kappa shape index (κ1) is 11.8. The average molecular weight is 220 g/mol. The third-order valence-corrected chi connectivity index (χ3v) is 1.99. The second kappa shape index (κ2) is 4.10. The molecule has 15 heavy (non-hydrogen) atoms. The molecule has 5 heteroatoms. The Morgan fingerprint density at radius 3 is 2.40 bits per heavy atom. The SMILES string of the molecule is COc1cc(C)ccc1[C@@H](O)C(F)(F)F. The van der Waals surface area contributed by atoms with Crippen molar-refractivity contribution in [3.63, 3.8) is 0 Å². The molecule has 0 fully saturated rings. The summed E-state index contributed by atoms with van der Waals surface area (Å²) in [4.78, 5) is 0. The Labute approximate surface area is 85.3 Å². The van der Waals surface area contributed by atoms with Crippen molar-refractivity contribution in [1.82, 2.24) is 0 Å². The molecule has 0 saturated heterocycles. The minimum Gasteiger partial charge on any atom is -0.496 e. The number of hydrogen-bond acceptors (Lipinski definition) is 2. The van der Waals surface area contributed by atoms with Gasteiger partial charge in [0.2, 0.25) is 0 Å². The van der Waals surface area contributed by atoms with E-state index < -0.39 is 12.3 Å². The van der Waals surface area contributed by atoms with E-state index in [0.717, 1.165) is 5.56 Å². The van der Waals surface area contributed by atoms with E-state index in [9.17, 15) is 13.2 Å². The summed E-state index contributed by atoms with van der Waals surface area (Å²) in [6.07, 6.45) is -7.18. The second-order valence-corrected chi connectivity index (χ2v) is 3.19. The summed E-state index contributed by atoms with van der Waals surface area (Å²) < 4.78 is 41.5. The zero-order chi connectivity index (χ0) is 11.6. The average Bonchev–Trinajstić information content (AvgIpc) is 2.15. The van der Waals surface area contributed by atoms with Gasteiger partial charge < -0.3 is 9.84 Å². The van der Waals surface area contributed by atoms with Crippen LogP contribution in [-0.4, -0.2) is 18.4 Å². The number of hydrogen-bond donors (Lipinski definition) is 1. The van der Waals surface area contributed by atoms with E-state index >= 15 is 0 Å². The lowest BCUT2D eigenvalue weighted by Crippen LogP contribution is -2.20. The van der Waals surface area contributed by atoms with Crippen molar-refractivity contribution >= 4 is 0 Å². The zero-order valence-corrected chi connectivity index (χ0v) is 8.30. The van der Waals surface area contributed by atoms with Gasteiger partial charge in [-0.15, -0.1) is 0 Å². The van der Waals surface area contributed by atoms with Gasteiger partial charge >= 0.3 is 6.18 Å². The van der Waals surface area contributed by atoms with E-state index in [0.29, 0.717) is 0 Å². The number of benzene rings is 1. The van der Waals surface area contributed by atoms with Crippen molar-refractivity contribution in [3.05, 3.63) is 29.3 Å². The lowest BCUT2D eigenvalue weighted by Gasteiger charge is -2.17. The first-order valence-electron chi connectivity index (χ1n) is 4.25. The van der Waals surface area contributed by atoms with Crippen LogP contribution in [0.1, 0.15) is 17.2 Å². The van der Waals surface area contributed by atoms with Crippen LogP contribution in [0.5, 0.6) is 5.75 Å². The fourth-order valence-electron chi connectivity index (χ4n) is 1.22. The number of alkyl halides is 3. The summed E-state index contributed by atoms with van der Waals surface area (Å²) in [6, 6.07) is 4.16. The first-order chi connectivity index (χ1) is 6.86. The first-order valence-corrected chi connectivity index (χ1v) is 4.25. The Bertz CT molecular complexity index is 347. The van der Waals surface area contributed by atoms with Crippen LogP contribution in [0.25, 0.3) is 0 Å². The van der Waals surface area contributed by atoms with Crippen molar-refractivity contribution in [2.45, 2.75) is 19.2 Å². The minimum atomic E-state index is -4.68. The maximum atomic E-state index is 12.2. The fraction of sp³-hybridized carbons (Fsp3) is 0.400. The van der Waals surface area contributed by atoms with Crippen molar-refractivity contribution in [2.75, 3.05) is 7.11 Å². The number of aliphatic hydroxyl groups excluding tert-OH is 1. The topological polar surface area (TPSA) is 29.5 Å². The van der Waals surface area contributed by atoms with E-state index in [1.165, 1.54) is 25.3 Å². The van der Waals surface area contributed by atoms with E-state index in [1.807, 2.05) is 0 Å². The van der Waals surface area contributed by atoms with Crippen LogP contribution >= 0.6 is 0 Å². The number of ether oxygens (including phenoxy) is 1. The maximum absolute atomic E-state index is 12.2. The number of aliphatic hydroxyl groups is 1. The van der Waals surface area contributed by atoms with E-state index in [1.54, 1.807) is 6.92 Å². The fourth-order valence-corrected chi connectivity index (χ4v) is 1.22. The predicted octanol–water partition coefficient (Wildman–Crippen LogP) is 2.60. The third-order valence-electron chi connectivity index (χ3n) is 1.99. The Kier molecular flexibility index (Phi) is 3.24. The van der Waals surface area contributed by atoms with Crippen LogP contribution < -0.4 is 4.74 Å². The Morgan fingerprint density at radius 2 is 1.93 bits per heavy atom. The minimum absolute atomic E-state index is 0.0415. The van der Waals surface area contributed by atoms with Crippen LogP contribution in [0.15, 0.2) is 18.2 Å².